The fourth-order valence-corrected chi connectivity index (χ4v) is 1.26. The summed E-state index contributed by atoms with van der Waals surface area (Å²) in [4.78, 5) is 17.0. The Morgan fingerprint density at radius 3 is 2.87 bits per heavy atom. The lowest BCUT2D eigenvalue weighted by atomic mass is 10.2. The van der Waals surface area contributed by atoms with Gasteiger partial charge in [-0.15, -0.1) is 11.6 Å². The number of hydrogen-bond donors (Lipinski definition) is 0. The number of rotatable bonds is 3. The Labute approximate surface area is 93.1 Å². The van der Waals surface area contributed by atoms with Crippen LogP contribution in [0.15, 0.2) is 18.3 Å². The molecule has 5 heteroatoms. The Morgan fingerprint density at radius 1 is 1.67 bits per heavy atom. The number of aromatic nitrogens is 1. The molecule has 0 aromatic carbocycles. The highest BCUT2D eigenvalue weighted by atomic mass is 35.5. The van der Waals surface area contributed by atoms with Crippen LogP contribution in [-0.2, 0) is 0 Å². The van der Waals surface area contributed by atoms with E-state index in [0.717, 1.165) is 0 Å². The number of nitrogens with zero attached hydrogens (tertiary/aromatic N) is 3. The van der Waals surface area contributed by atoms with Gasteiger partial charge in [0.15, 0.2) is 0 Å². The first kappa shape index (κ1) is 11.5. The molecule has 0 radical (unpaired) electrons. The zero-order valence-electron chi connectivity index (χ0n) is 8.27. The van der Waals surface area contributed by atoms with Crippen LogP contribution in [-0.4, -0.2) is 35.3 Å². The fraction of sp³-hybridized carbons (Fsp3) is 0.300. The van der Waals surface area contributed by atoms with Crippen molar-refractivity contribution in [3.05, 3.63) is 29.6 Å². The van der Waals surface area contributed by atoms with Gasteiger partial charge in [-0.2, -0.15) is 5.26 Å². The highest BCUT2D eigenvalue weighted by Crippen LogP contribution is 2.02. The zero-order valence-corrected chi connectivity index (χ0v) is 9.03. The van der Waals surface area contributed by atoms with E-state index in [2.05, 4.69) is 4.98 Å². The molecular formula is C10H10ClN3O. The Balaban J connectivity index is 2.79. The Kier molecular flexibility index (Phi) is 4.07. The number of hydrogen-bond acceptors (Lipinski definition) is 3. The highest BCUT2D eigenvalue weighted by Gasteiger charge is 2.11. The largest absolute Gasteiger partial charge is 0.339 e. The number of nitriles is 1. The van der Waals surface area contributed by atoms with Crippen LogP contribution in [0.5, 0.6) is 0 Å². The smallest absolute Gasteiger partial charge is 0.272 e. The minimum atomic E-state index is -0.194. The molecule has 1 amide bonds. The van der Waals surface area contributed by atoms with Crippen LogP contribution >= 0.6 is 11.6 Å². The summed E-state index contributed by atoms with van der Waals surface area (Å²) in [5.74, 6) is 0.193. The number of carbonyl (C=O) groups is 1. The molecule has 1 aromatic heterocycles. The van der Waals surface area contributed by atoms with Crippen LogP contribution in [0.1, 0.15) is 16.1 Å². The first-order valence-corrected chi connectivity index (χ1v) is 4.90. The molecule has 0 saturated carbocycles. The third-order valence-corrected chi connectivity index (χ3v) is 2.05. The fourth-order valence-electron chi connectivity index (χ4n) is 1.01. The lowest BCUT2D eigenvalue weighted by Crippen LogP contribution is -2.29. The molecule has 15 heavy (non-hydrogen) atoms. The Morgan fingerprint density at radius 2 is 2.40 bits per heavy atom. The van der Waals surface area contributed by atoms with Crippen LogP contribution < -0.4 is 0 Å². The lowest BCUT2D eigenvalue weighted by molar-refractivity contribution is 0.0797. The van der Waals surface area contributed by atoms with E-state index in [0.29, 0.717) is 23.7 Å². The summed E-state index contributed by atoms with van der Waals surface area (Å²) in [5.41, 5.74) is 0.758. The lowest BCUT2D eigenvalue weighted by Gasteiger charge is -2.14. The van der Waals surface area contributed by atoms with Crippen molar-refractivity contribution in [1.29, 1.82) is 5.26 Å². The van der Waals surface area contributed by atoms with Gasteiger partial charge in [-0.05, 0) is 12.1 Å². The minimum Gasteiger partial charge on any atom is -0.339 e. The van der Waals surface area contributed by atoms with Gasteiger partial charge >= 0.3 is 0 Å². The van der Waals surface area contributed by atoms with Crippen molar-refractivity contribution in [2.45, 2.75) is 0 Å². The molecule has 1 aromatic rings. The van der Waals surface area contributed by atoms with E-state index in [1.807, 2.05) is 6.07 Å². The normalized spacial score (nSPS) is 9.40. The van der Waals surface area contributed by atoms with E-state index < -0.39 is 0 Å². The number of pyridine rings is 1. The van der Waals surface area contributed by atoms with Crippen molar-refractivity contribution in [1.82, 2.24) is 9.88 Å². The van der Waals surface area contributed by atoms with Gasteiger partial charge in [-0.3, -0.25) is 4.79 Å². The first-order chi connectivity index (χ1) is 7.19. The SMILES string of the molecule is CN(CCCl)C(=O)c1ccc(C#N)cn1. The van der Waals surface area contributed by atoms with E-state index in [-0.39, 0.29) is 5.91 Å². The van der Waals surface area contributed by atoms with Gasteiger partial charge in [0.1, 0.15) is 11.8 Å². The van der Waals surface area contributed by atoms with Gasteiger partial charge in [0.2, 0.25) is 0 Å². The molecule has 0 aliphatic carbocycles. The van der Waals surface area contributed by atoms with E-state index in [9.17, 15) is 4.79 Å². The van der Waals surface area contributed by atoms with Crippen LogP contribution in [0.25, 0.3) is 0 Å². The van der Waals surface area contributed by atoms with E-state index in [1.165, 1.54) is 17.2 Å². The van der Waals surface area contributed by atoms with Crippen LogP contribution in [0, 0.1) is 11.3 Å². The maximum Gasteiger partial charge on any atom is 0.272 e. The molecule has 4 nitrogen and oxygen atoms in total. The monoisotopic (exact) mass is 223 g/mol. The van der Waals surface area contributed by atoms with Crippen molar-refractivity contribution >= 4 is 17.5 Å². The van der Waals surface area contributed by atoms with Crippen molar-refractivity contribution < 1.29 is 4.79 Å². The minimum absolute atomic E-state index is 0.194. The third kappa shape index (κ3) is 2.93. The van der Waals surface area contributed by atoms with Crippen LogP contribution in [0.4, 0.5) is 0 Å². The van der Waals surface area contributed by atoms with Gasteiger partial charge in [0.25, 0.3) is 5.91 Å². The van der Waals surface area contributed by atoms with Crippen molar-refractivity contribution in [3.8, 4) is 6.07 Å². The molecular weight excluding hydrogens is 214 g/mol. The average Bonchev–Trinajstić information content (AvgIpc) is 2.28. The number of halogens is 1. The van der Waals surface area contributed by atoms with E-state index >= 15 is 0 Å². The molecule has 0 N–H and O–H groups in total. The standard InChI is InChI=1S/C10H10ClN3O/c1-14(5-4-11)10(15)9-3-2-8(6-12)7-13-9/h2-3,7H,4-5H2,1H3. The molecule has 0 bridgehead atoms. The maximum atomic E-state index is 11.7. The number of alkyl halides is 1. The Bertz CT molecular complexity index is 383. The second-order valence-electron chi connectivity index (χ2n) is 2.96. The van der Waals surface area contributed by atoms with Crippen molar-refractivity contribution in [3.63, 3.8) is 0 Å². The maximum absolute atomic E-state index is 11.7. The van der Waals surface area contributed by atoms with Crippen LogP contribution in [0.3, 0.4) is 0 Å². The number of carbonyl (C=O) groups excluding carboxylic acids is 1. The van der Waals surface area contributed by atoms with E-state index in [4.69, 9.17) is 16.9 Å². The van der Waals surface area contributed by atoms with Crippen molar-refractivity contribution in [2.24, 2.45) is 0 Å². The Hall–Kier alpha value is -1.60. The van der Waals surface area contributed by atoms with Crippen molar-refractivity contribution in [2.75, 3.05) is 19.5 Å². The topological polar surface area (TPSA) is 57.0 Å². The summed E-state index contributed by atoms with van der Waals surface area (Å²) in [7, 11) is 1.66. The summed E-state index contributed by atoms with van der Waals surface area (Å²) >= 11 is 5.52. The summed E-state index contributed by atoms with van der Waals surface area (Å²) in [6.45, 7) is 0.474. The molecule has 1 rings (SSSR count). The second-order valence-corrected chi connectivity index (χ2v) is 3.34. The second kappa shape index (κ2) is 5.32. The quantitative estimate of drug-likeness (QED) is 0.725. The molecule has 78 valence electrons. The van der Waals surface area contributed by atoms with Crippen LogP contribution in [0.2, 0.25) is 0 Å². The predicted octanol–water partition coefficient (Wildman–Crippen LogP) is 1.26. The van der Waals surface area contributed by atoms with Gasteiger partial charge in [-0.1, -0.05) is 0 Å². The number of amides is 1. The summed E-state index contributed by atoms with van der Waals surface area (Å²) in [5, 5.41) is 8.56. The van der Waals surface area contributed by atoms with Gasteiger partial charge in [0, 0.05) is 25.7 Å². The molecule has 0 fully saturated rings. The molecule has 0 unspecified atom stereocenters. The van der Waals surface area contributed by atoms with Gasteiger partial charge < -0.3 is 4.90 Å². The average molecular weight is 224 g/mol. The zero-order chi connectivity index (χ0) is 11.3. The van der Waals surface area contributed by atoms with Gasteiger partial charge in [0.05, 0.1) is 5.56 Å². The molecule has 0 atom stereocenters. The highest BCUT2D eigenvalue weighted by molar-refractivity contribution is 6.18. The van der Waals surface area contributed by atoms with E-state index in [1.54, 1.807) is 13.1 Å². The first-order valence-electron chi connectivity index (χ1n) is 4.36. The molecule has 1 heterocycles. The summed E-state index contributed by atoms with van der Waals surface area (Å²) in [6, 6.07) is 5.04. The third-order valence-electron chi connectivity index (χ3n) is 1.88. The summed E-state index contributed by atoms with van der Waals surface area (Å²) < 4.78 is 0. The molecule has 0 aliphatic rings. The predicted molar refractivity (Wildman–Crippen MR) is 56.6 cm³/mol. The molecule has 0 aliphatic heterocycles. The molecule has 0 spiro atoms. The molecule has 0 saturated heterocycles. The summed E-state index contributed by atoms with van der Waals surface area (Å²) in [6.07, 6.45) is 1.38. The van der Waals surface area contributed by atoms with Gasteiger partial charge in [-0.25, -0.2) is 4.98 Å².